The van der Waals surface area contributed by atoms with Gasteiger partial charge in [-0.3, -0.25) is 4.79 Å². The molecule has 3 heteroatoms. The summed E-state index contributed by atoms with van der Waals surface area (Å²) in [5, 5.41) is 19.0. The zero-order valence-electron chi connectivity index (χ0n) is 10.8. The molecule has 2 atom stereocenters. The quantitative estimate of drug-likeness (QED) is 0.845. The number of aliphatic carboxylic acids is 1. The van der Waals surface area contributed by atoms with Crippen LogP contribution in [0.25, 0.3) is 0 Å². The molecule has 0 fully saturated rings. The first-order valence-corrected chi connectivity index (χ1v) is 5.80. The van der Waals surface area contributed by atoms with Gasteiger partial charge in [0.1, 0.15) is 0 Å². The van der Waals surface area contributed by atoms with Crippen LogP contribution in [0, 0.1) is 26.7 Å². The average molecular weight is 236 g/mol. The molecule has 2 unspecified atom stereocenters. The number of rotatable bonds is 4. The van der Waals surface area contributed by atoms with Gasteiger partial charge in [-0.25, -0.2) is 0 Å². The van der Waals surface area contributed by atoms with Gasteiger partial charge in [-0.1, -0.05) is 24.6 Å². The smallest absolute Gasteiger partial charge is 0.303 e. The number of hydrogen-bond acceptors (Lipinski definition) is 2. The molecule has 17 heavy (non-hydrogen) atoms. The van der Waals surface area contributed by atoms with Crippen molar-refractivity contribution in [1.82, 2.24) is 0 Å². The van der Waals surface area contributed by atoms with Gasteiger partial charge in [-0.2, -0.15) is 0 Å². The lowest BCUT2D eigenvalue weighted by Crippen LogP contribution is -2.15. The van der Waals surface area contributed by atoms with Crippen LogP contribution >= 0.6 is 0 Å². The fourth-order valence-corrected chi connectivity index (χ4v) is 2.33. The van der Waals surface area contributed by atoms with E-state index in [9.17, 15) is 9.90 Å². The van der Waals surface area contributed by atoms with Crippen molar-refractivity contribution in [1.29, 1.82) is 0 Å². The molecule has 1 aromatic rings. The highest BCUT2D eigenvalue weighted by atomic mass is 16.4. The van der Waals surface area contributed by atoms with Crippen LogP contribution in [0.4, 0.5) is 0 Å². The van der Waals surface area contributed by atoms with E-state index < -0.39 is 12.1 Å². The molecule has 0 aliphatic carbocycles. The van der Waals surface area contributed by atoms with Crippen LogP contribution < -0.4 is 0 Å². The van der Waals surface area contributed by atoms with Crippen molar-refractivity contribution in [3.05, 3.63) is 34.4 Å². The largest absolute Gasteiger partial charge is 0.481 e. The standard InChI is InChI=1S/C14H20O3/c1-8-5-9(2)13(10(3)6-8)14(17)11(4)7-12(15)16/h5-6,11,14,17H,7H2,1-4H3,(H,15,16). The Hall–Kier alpha value is -1.35. The van der Waals surface area contributed by atoms with Crippen molar-refractivity contribution in [2.24, 2.45) is 5.92 Å². The van der Waals surface area contributed by atoms with Gasteiger partial charge in [0.15, 0.2) is 0 Å². The fourth-order valence-electron chi connectivity index (χ4n) is 2.33. The predicted octanol–water partition coefficient (Wildman–Crippen LogP) is 2.76. The number of aliphatic hydroxyl groups is 1. The summed E-state index contributed by atoms with van der Waals surface area (Å²) in [6.07, 6.45) is -0.736. The Morgan fingerprint density at radius 3 is 2.12 bits per heavy atom. The number of aliphatic hydroxyl groups excluding tert-OH is 1. The molecule has 0 aromatic heterocycles. The molecule has 0 aliphatic rings. The van der Waals surface area contributed by atoms with Gasteiger partial charge in [-0.15, -0.1) is 0 Å². The summed E-state index contributed by atoms with van der Waals surface area (Å²) in [6, 6.07) is 4.03. The van der Waals surface area contributed by atoms with Crippen LogP contribution in [0.15, 0.2) is 12.1 Å². The van der Waals surface area contributed by atoms with E-state index in [1.54, 1.807) is 6.92 Å². The van der Waals surface area contributed by atoms with Crippen LogP contribution in [0.1, 0.15) is 41.7 Å². The van der Waals surface area contributed by atoms with Gasteiger partial charge in [0.05, 0.1) is 12.5 Å². The Bertz CT molecular complexity index is 400. The first kappa shape index (κ1) is 13.7. The first-order chi connectivity index (χ1) is 7.82. The molecule has 0 heterocycles. The van der Waals surface area contributed by atoms with E-state index in [0.29, 0.717) is 0 Å². The zero-order chi connectivity index (χ0) is 13.2. The second-order valence-electron chi connectivity index (χ2n) is 4.83. The van der Waals surface area contributed by atoms with Crippen LogP contribution in [0.3, 0.4) is 0 Å². The minimum Gasteiger partial charge on any atom is -0.481 e. The summed E-state index contributed by atoms with van der Waals surface area (Å²) in [7, 11) is 0. The first-order valence-electron chi connectivity index (χ1n) is 5.80. The maximum Gasteiger partial charge on any atom is 0.303 e. The molecule has 1 rings (SSSR count). The van der Waals surface area contributed by atoms with E-state index in [4.69, 9.17) is 5.11 Å². The highest BCUT2D eigenvalue weighted by Gasteiger charge is 2.22. The molecular weight excluding hydrogens is 216 g/mol. The third kappa shape index (κ3) is 3.30. The topological polar surface area (TPSA) is 57.5 Å². The van der Waals surface area contributed by atoms with Crippen molar-refractivity contribution in [2.75, 3.05) is 0 Å². The van der Waals surface area contributed by atoms with E-state index in [1.807, 2.05) is 32.9 Å². The maximum atomic E-state index is 10.7. The predicted molar refractivity (Wildman–Crippen MR) is 67.0 cm³/mol. The number of benzene rings is 1. The average Bonchev–Trinajstić information content (AvgIpc) is 2.14. The molecule has 0 saturated carbocycles. The molecule has 0 amide bonds. The molecule has 0 aliphatic heterocycles. The molecule has 1 aromatic carbocycles. The van der Waals surface area contributed by atoms with Crippen LogP contribution in [-0.2, 0) is 4.79 Å². The number of carboxylic acids is 1. The van der Waals surface area contributed by atoms with Crippen LogP contribution in [0.5, 0.6) is 0 Å². The summed E-state index contributed by atoms with van der Waals surface area (Å²) in [5.74, 6) is -1.16. The number of aryl methyl sites for hydroxylation is 3. The molecule has 0 radical (unpaired) electrons. The number of hydrogen-bond donors (Lipinski definition) is 2. The van der Waals surface area contributed by atoms with Gasteiger partial charge in [0, 0.05) is 0 Å². The summed E-state index contributed by atoms with van der Waals surface area (Å²) in [5.41, 5.74) is 4.06. The van der Waals surface area contributed by atoms with E-state index in [-0.39, 0.29) is 12.3 Å². The second kappa shape index (κ2) is 5.32. The summed E-state index contributed by atoms with van der Waals surface area (Å²) in [4.78, 5) is 10.7. The minimum atomic E-state index is -0.876. The van der Waals surface area contributed by atoms with E-state index >= 15 is 0 Å². The van der Waals surface area contributed by atoms with Gasteiger partial charge < -0.3 is 10.2 Å². The highest BCUT2D eigenvalue weighted by molar-refractivity contribution is 5.67. The van der Waals surface area contributed by atoms with Crippen molar-refractivity contribution in [3.8, 4) is 0 Å². The molecule has 0 spiro atoms. The molecular formula is C14H20O3. The molecule has 0 saturated heterocycles. The molecule has 94 valence electrons. The molecule has 2 N–H and O–H groups in total. The van der Waals surface area contributed by atoms with E-state index in [2.05, 4.69) is 0 Å². The summed E-state index contributed by atoms with van der Waals surface area (Å²) < 4.78 is 0. The van der Waals surface area contributed by atoms with Crippen molar-refractivity contribution in [3.63, 3.8) is 0 Å². The van der Waals surface area contributed by atoms with Crippen molar-refractivity contribution < 1.29 is 15.0 Å². The van der Waals surface area contributed by atoms with Crippen LogP contribution in [-0.4, -0.2) is 16.2 Å². The Balaban J connectivity index is 3.03. The highest BCUT2D eigenvalue weighted by Crippen LogP contribution is 2.30. The minimum absolute atomic E-state index is 0.0199. The Morgan fingerprint density at radius 1 is 1.24 bits per heavy atom. The normalized spacial score (nSPS) is 14.4. The third-order valence-electron chi connectivity index (χ3n) is 3.07. The van der Waals surface area contributed by atoms with E-state index in [0.717, 1.165) is 22.3 Å². The fraction of sp³-hybridized carbons (Fsp3) is 0.500. The lowest BCUT2D eigenvalue weighted by atomic mass is 9.88. The van der Waals surface area contributed by atoms with Gasteiger partial charge >= 0.3 is 5.97 Å². The number of carbonyl (C=O) groups is 1. The van der Waals surface area contributed by atoms with E-state index in [1.165, 1.54) is 0 Å². The monoisotopic (exact) mass is 236 g/mol. The van der Waals surface area contributed by atoms with Gasteiger partial charge in [0.25, 0.3) is 0 Å². The SMILES string of the molecule is Cc1cc(C)c(C(O)C(C)CC(=O)O)c(C)c1. The molecule has 0 bridgehead atoms. The van der Waals surface area contributed by atoms with Crippen molar-refractivity contribution >= 4 is 5.97 Å². The third-order valence-corrected chi connectivity index (χ3v) is 3.07. The zero-order valence-corrected chi connectivity index (χ0v) is 10.8. The van der Waals surface area contributed by atoms with Gasteiger partial charge in [-0.05, 0) is 43.4 Å². The second-order valence-corrected chi connectivity index (χ2v) is 4.83. The van der Waals surface area contributed by atoms with Crippen molar-refractivity contribution in [2.45, 2.75) is 40.2 Å². The number of carboxylic acid groups (broad SMARTS) is 1. The summed E-state index contributed by atoms with van der Waals surface area (Å²) in [6.45, 7) is 7.67. The lowest BCUT2D eigenvalue weighted by molar-refractivity contribution is -0.139. The Morgan fingerprint density at radius 2 is 1.71 bits per heavy atom. The molecule has 3 nitrogen and oxygen atoms in total. The van der Waals surface area contributed by atoms with Gasteiger partial charge in [0.2, 0.25) is 0 Å². The lowest BCUT2D eigenvalue weighted by Gasteiger charge is -2.22. The Labute approximate surface area is 102 Å². The summed E-state index contributed by atoms with van der Waals surface area (Å²) >= 11 is 0. The Kier molecular flexibility index (Phi) is 4.29. The van der Waals surface area contributed by atoms with Crippen LogP contribution in [0.2, 0.25) is 0 Å². The maximum absolute atomic E-state index is 10.7.